The van der Waals surface area contributed by atoms with E-state index in [2.05, 4.69) is 131 Å². The molecule has 2 aliphatic rings. The van der Waals surface area contributed by atoms with Crippen LogP contribution in [0.4, 0.5) is 0 Å². The molecule has 0 unspecified atom stereocenters. The van der Waals surface area contributed by atoms with Crippen molar-refractivity contribution in [1.29, 1.82) is 0 Å². The van der Waals surface area contributed by atoms with Crippen LogP contribution in [0.5, 0.6) is 0 Å². The Bertz CT molecular complexity index is 2580. The predicted molar refractivity (Wildman–Crippen MR) is 211 cm³/mol. The maximum absolute atomic E-state index is 6.74. The lowest BCUT2D eigenvalue weighted by molar-refractivity contribution is 1.24. The van der Waals surface area contributed by atoms with Gasteiger partial charge in [0.1, 0.15) is 0 Å². The Labute approximate surface area is 298 Å². The summed E-state index contributed by atoms with van der Waals surface area (Å²) in [7, 11) is 0. The first-order valence-corrected chi connectivity index (χ1v) is 17.6. The van der Waals surface area contributed by atoms with Crippen LogP contribution in [0.15, 0.2) is 149 Å². The van der Waals surface area contributed by atoms with E-state index >= 15 is 0 Å². The summed E-state index contributed by atoms with van der Waals surface area (Å²) in [6.45, 7) is 0. The summed E-state index contributed by atoms with van der Waals surface area (Å²) in [6.07, 6.45) is 8.47. The maximum Gasteiger partial charge on any atom is 0.0798 e. The van der Waals surface area contributed by atoms with Crippen LogP contribution in [0.1, 0.15) is 22.8 Å². The topological polar surface area (TPSA) is 57.4 Å². The lowest BCUT2D eigenvalue weighted by atomic mass is 10.0. The van der Waals surface area contributed by atoms with Crippen molar-refractivity contribution in [2.45, 2.75) is 9.79 Å². The largest absolute Gasteiger partial charge is 0.354 e. The molecule has 2 N–H and O–H groups in total. The van der Waals surface area contributed by atoms with Crippen molar-refractivity contribution >= 4 is 69.7 Å². The van der Waals surface area contributed by atoms with Crippen molar-refractivity contribution in [2.24, 2.45) is 0 Å². The zero-order valence-electron chi connectivity index (χ0n) is 26.8. The van der Waals surface area contributed by atoms with E-state index in [4.69, 9.17) is 21.6 Å². The van der Waals surface area contributed by atoms with E-state index in [1.165, 1.54) is 0 Å². The summed E-state index contributed by atoms with van der Waals surface area (Å²) in [4.78, 5) is 20.2. The molecule has 0 amide bonds. The van der Waals surface area contributed by atoms with E-state index in [-0.39, 0.29) is 0 Å². The molecular weight excluding hydrogens is 652 g/mol. The number of aromatic amines is 2. The SMILES string of the molecule is Clc1ccccc1Sc1c2nc(c(-c3ccccc3)c3ccc([nH]3)c(-c3ccccc3)c3nc(c(-c4ccccc4)c4ccc1[nH]4)C=C3)C=C2. The second-order valence-electron chi connectivity index (χ2n) is 12.1. The molecule has 8 bridgehead atoms. The second-order valence-corrected chi connectivity index (χ2v) is 13.5. The Morgan fingerprint density at radius 2 is 0.780 bits per heavy atom. The quantitative estimate of drug-likeness (QED) is 0.190. The van der Waals surface area contributed by atoms with Gasteiger partial charge in [-0.15, -0.1) is 0 Å². The van der Waals surface area contributed by atoms with Crippen LogP contribution >= 0.6 is 23.4 Å². The van der Waals surface area contributed by atoms with Gasteiger partial charge >= 0.3 is 0 Å². The maximum atomic E-state index is 6.74. The minimum atomic E-state index is 0.696. The first-order valence-electron chi connectivity index (χ1n) is 16.4. The highest BCUT2D eigenvalue weighted by Crippen LogP contribution is 2.41. The van der Waals surface area contributed by atoms with E-state index in [1.54, 1.807) is 11.8 Å². The minimum absolute atomic E-state index is 0.696. The van der Waals surface area contributed by atoms with Gasteiger partial charge in [0.2, 0.25) is 0 Å². The normalized spacial score (nSPS) is 12.0. The van der Waals surface area contributed by atoms with Crippen molar-refractivity contribution < 1.29 is 0 Å². The lowest BCUT2D eigenvalue weighted by Crippen LogP contribution is -1.89. The van der Waals surface area contributed by atoms with Crippen molar-refractivity contribution in [3.63, 3.8) is 0 Å². The molecule has 2 aliphatic heterocycles. The van der Waals surface area contributed by atoms with Crippen molar-refractivity contribution in [3.05, 3.63) is 167 Å². The molecule has 5 heterocycles. The van der Waals surface area contributed by atoms with E-state index in [1.807, 2.05) is 42.5 Å². The van der Waals surface area contributed by atoms with E-state index < -0.39 is 0 Å². The van der Waals surface area contributed by atoms with Gasteiger partial charge in [-0.3, -0.25) is 0 Å². The van der Waals surface area contributed by atoms with Crippen molar-refractivity contribution in [2.75, 3.05) is 0 Å². The van der Waals surface area contributed by atoms with Crippen LogP contribution in [0, 0.1) is 0 Å². The van der Waals surface area contributed by atoms with Crippen LogP contribution in [-0.2, 0) is 0 Å². The molecule has 50 heavy (non-hydrogen) atoms. The fraction of sp³-hybridized carbons (Fsp3) is 0. The molecule has 238 valence electrons. The zero-order valence-corrected chi connectivity index (χ0v) is 28.3. The molecule has 0 aliphatic carbocycles. The summed E-state index contributed by atoms with van der Waals surface area (Å²) in [6, 6.07) is 47.9. The molecule has 3 aromatic heterocycles. The Balaban J connectivity index is 1.45. The van der Waals surface area contributed by atoms with Crippen LogP contribution < -0.4 is 0 Å². The zero-order chi connectivity index (χ0) is 33.4. The van der Waals surface area contributed by atoms with Crippen LogP contribution in [0.2, 0.25) is 5.02 Å². The fourth-order valence-electron chi connectivity index (χ4n) is 6.65. The van der Waals surface area contributed by atoms with Crippen LogP contribution in [-0.4, -0.2) is 19.9 Å². The van der Waals surface area contributed by atoms with E-state index in [9.17, 15) is 0 Å². The number of nitrogens with one attached hydrogen (secondary N) is 2. The average molecular weight is 681 g/mol. The highest BCUT2D eigenvalue weighted by molar-refractivity contribution is 7.99. The van der Waals surface area contributed by atoms with Crippen molar-refractivity contribution in [1.82, 2.24) is 19.9 Å². The fourth-order valence-corrected chi connectivity index (χ4v) is 7.88. The Morgan fingerprint density at radius 3 is 1.26 bits per heavy atom. The van der Waals surface area contributed by atoms with Gasteiger partial charge < -0.3 is 9.97 Å². The summed E-state index contributed by atoms with van der Waals surface area (Å²) in [5, 5.41) is 0.696. The number of H-pyrrole nitrogens is 2. The Kier molecular flexibility index (Phi) is 7.77. The Hall–Kier alpha value is -5.88. The van der Waals surface area contributed by atoms with E-state index in [0.29, 0.717) is 5.02 Å². The second kappa shape index (κ2) is 12.9. The standard InChI is InChI=1S/C44H29ClN4S/c45-31-18-10-11-19-40(31)50-44-38-26-24-36(48-38)42(29-14-6-2-7-15-29)34-22-20-32(46-34)41(28-12-4-1-5-13-28)33-21-23-35(47-33)43(30-16-8-3-9-17-30)37-25-27-39(44)49-37/h1-27,46,49H. The summed E-state index contributed by atoms with van der Waals surface area (Å²) in [5.74, 6) is 0. The Morgan fingerprint density at radius 1 is 0.400 bits per heavy atom. The molecule has 9 rings (SSSR count). The van der Waals surface area contributed by atoms with Crippen LogP contribution in [0.25, 0.3) is 79.8 Å². The number of hydrogen-bond acceptors (Lipinski definition) is 3. The lowest BCUT2D eigenvalue weighted by Gasteiger charge is -2.07. The molecule has 4 nitrogen and oxygen atoms in total. The third-order valence-electron chi connectivity index (χ3n) is 8.94. The molecule has 0 saturated carbocycles. The smallest absolute Gasteiger partial charge is 0.0798 e. The summed E-state index contributed by atoms with van der Waals surface area (Å²) >= 11 is 8.35. The van der Waals surface area contributed by atoms with Crippen LogP contribution in [0.3, 0.4) is 0 Å². The molecule has 0 fully saturated rings. The van der Waals surface area contributed by atoms with Gasteiger partial charge in [-0.1, -0.05) is 126 Å². The van der Waals surface area contributed by atoms with Gasteiger partial charge in [-0.25, -0.2) is 9.97 Å². The number of halogens is 1. The number of rotatable bonds is 5. The molecule has 7 aromatic rings. The van der Waals surface area contributed by atoms with Gasteiger partial charge in [0.05, 0.1) is 38.2 Å². The molecule has 6 heteroatoms. The number of benzene rings is 4. The first-order chi connectivity index (χ1) is 24.7. The minimum Gasteiger partial charge on any atom is -0.354 e. The molecule has 0 radical (unpaired) electrons. The van der Waals surface area contributed by atoms with E-state index in [0.717, 1.165) is 88.0 Å². The molecule has 0 atom stereocenters. The first kappa shape index (κ1) is 30.2. The van der Waals surface area contributed by atoms with Gasteiger partial charge in [-0.2, -0.15) is 0 Å². The summed E-state index contributed by atoms with van der Waals surface area (Å²) < 4.78 is 0. The van der Waals surface area contributed by atoms with Gasteiger partial charge in [0, 0.05) is 38.1 Å². The third kappa shape index (κ3) is 5.57. The van der Waals surface area contributed by atoms with Gasteiger partial charge in [0.25, 0.3) is 0 Å². The van der Waals surface area contributed by atoms with Gasteiger partial charge in [0.15, 0.2) is 0 Å². The number of nitrogens with zero attached hydrogens (tertiary/aromatic N) is 2. The average Bonchev–Trinajstić information content (AvgIpc) is 4.00. The number of fused-ring (bicyclic) bond motifs is 8. The molecule has 0 spiro atoms. The number of aromatic nitrogens is 4. The van der Waals surface area contributed by atoms with Crippen molar-refractivity contribution in [3.8, 4) is 33.4 Å². The highest BCUT2D eigenvalue weighted by atomic mass is 35.5. The molecule has 4 aromatic carbocycles. The number of hydrogen-bond donors (Lipinski definition) is 2. The third-order valence-corrected chi connectivity index (χ3v) is 10.6. The predicted octanol–water partition coefficient (Wildman–Crippen LogP) is 12.5. The molecule has 0 saturated heterocycles. The monoisotopic (exact) mass is 680 g/mol. The van der Waals surface area contributed by atoms with Gasteiger partial charge in [-0.05, 0) is 77.4 Å². The molecular formula is C44H29ClN4S. The highest BCUT2D eigenvalue weighted by Gasteiger charge is 2.19. The summed E-state index contributed by atoms with van der Waals surface area (Å²) in [5.41, 5.74) is 13.7.